The molecule has 0 unspecified atom stereocenters. The summed E-state index contributed by atoms with van der Waals surface area (Å²) in [4.78, 5) is 15.7. The van der Waals surface area contributed by atoms with Crippen molar-refractivity contribution in [2.24, 2.45) is 0 Å². The van der Waals surface area contributed by atoms with Crippen LogP contribution in [0.4, 0.5) is 4.39 Å². The molecule has 0 saturated carbocycles. The number of rotatable bonds is 9. The van der Waals surface area contributed by atoms with E-state index in [1.54, 1.807) is 37.2 Å². The number of hydrogen-bond donors (Lipinski definition) is 1. The Balaban J connectivity index is 1.38. The Morgan fingerprint density at radius 2 is 1.98 bits per heavy atom. The molecule has 0 aliphatic carbocycles. The fraction of sp³-hybridized carbons (Fsp3) is 0.400. The first-order valence-electron chi connectivity index (χ1n) is 13.5. The second-order valence-corrected chi connectivity index (χ2v) is 11.2. The number of carbonyl (C=O) groups excluding carboxylic acids is 1. The van der Waals surface area contributed by atoms with E-state index in [1.807, 2.05) is 0 Å². The van der Waals surface area contributed by atoms with Crippen LogP contribution in [-0.4, -0.2) is 63.4 Å². The standard InChI is InChI=1S/C30H36FN7O3/c1-19-13-38(35-33-19)26-9-10-27(41-6)28(31)22(26)12-32-29(39)23-16-37(34-25(23)17-40-5)14-20-7-8-24-21(11-20)15-36(4)18-30(24,2)3/h7-11,13,16H,12,14-15,17-18H2,1-6H3,(H,32,39). The minimum Gasteiger partial charge on any atom is -0.494 e. The first kappa shape index (κ1) is 28.4. The molecule has 1 amide bonds. The van der Waals surface area contributed by atoms with Gasteiger partial charge in [-0.15, -0.1) is 5.10 Å². The minimum atomic E-state index is -0.576. The maximum atomic E-state index is 15.3. The van der Waals surface area contributed by atoms with Gasteiger partial charge in [0.2, 0.25) is 0 Å². The van der Waals surface area contributed by atoms with Gasteiger partial charge >= 0.3 is 0 Å². The number of amides is 1. The molecule has 4 aromatic rings. The van der Waals surface area contributed by atoms with Gasteiger partial charge in [0, 0.05) is 43.9 Å². The third kappa shape index (κ3) is 5.86. The number of nitrogens with zero attached hydrogens (tertiary/aromatic N) is 6. The highest BCUT2D eigenvalue weighted by atomic mass is 19.1. The van der Waals surface area contributed by atoms with Crippen LogP contribution in [0.25, 0.3) is 5.69 Å². The molecule has 0 saturated heterocycles. The zero-order valence-electron chi connectivity index (χ0n) is 24.4. The lowest BCUT2D eigenvalue weighted by Gasteiger charge is -2.38. The van der Waals surface area contributed by atoms with Gasteiger partial charge in [-0.25, -0.2) is 9.07 Å². The van der Waals surface area contributed by atoms with Crippen molar-refractivity contribution in [3.63, 3.8) is 0 Å². The van der Waals surface area contributed by atoms with E-state index < -0.39 is 5.82 Å². The summed E-state index contributed by atoms with van der Waals surface area (Å²) in [5, 5.41) is 15.5. The molecular weight excluding hydrogens is 525 g/mol. The van der Waals surface area contributed by atoms with Gasteiger partial charge in [-0.05, 0) is 42.8 Å². The van der Waals surface area contributed by atoms with Crippen LogP contribution in [-0.2, 0) is 36.4 Å². The Kier molecular flexibility index (Phi) is 7.92. The molecule has 1 aliphatic heterocycles. The van der Waals surface area contributed by atoms with E-state index in [-0.39, 0.29) is 35.8 Å². The average Bonchev–Trinajstić information content (AvgIpc) is 3.53. The van der Waals surface area contributed by atoms with Crippen LogP contribution < -0.4 is 10.1 Å². The summed E-state index contributed by atoms with van der Waals surface area (Å²) in [5.74, 6) is -0.894. The van der Waals surface area contributed by atoms with Gasteiger partial charge in [0.05, 0.1) is 43.4 Å². The van der Waals surface area contributed by atoms with Gasteiger partial charge in [0.15, 0.2) is 11.6 Å². The van der Waals surface area contributed by atoms with E-state index in [9.17, 15) is 4.79 Å². The highest BCUT2D eigenvalue weighted by Crippen LogP contribution is 2.33. The number of aryl methyl sites for hydroxylation is 1. The molecule has 2 aromatic heterocycles. The van der Waals surface area contributed by atoms with Crippen LogP contribution in [0.5, 0.6) is 5.75 Å². The second-order valence-electron chi connectivity index (χ2n) is 11.2. The molecule has 0 spiro atoms. The van der Waals surface area contributed by atoms with Crippen molar-refractivity contribution in [2.75, 3.05) is 27.8 Å². The molecule has 0 radical (unpaired) electrons. The summed E-state index contributed by atoms with van der Waals surface area (Å²) >= 11 is 0. The van der Waals surface area contributed by atoms with Crippen molar-refractivity contribution in [3.8, 4) is 11.4 Å². The summed E-state index contributed by atoms with van der Waals surface area (Å²) in [7, 11) is 5.09. The van der Waals surface area contributed by atoms with E-state index >= 15 is 4.39 Å². The summed E-state index contributed by atoms with van der Waals surface area (Å²) < 4.78 is 29.1. The molecule has 3 heterocycles. The summed E-state index contributed by atoms with van der Waals surface area (Å²) in [6, 6.07) is 9.77. The third-order valence-electron chi connectivity index (χ3n) is 7.40. The quantitative estimate of drug-likeness (QED) is 0.332. The average molecular weight is 562 g/mol. The molecular formula is C30H36FN7O3. The molecule has 5 rings (SSSR count). The molecule has 10 nitrogen and oxygen atoms in total. The highest BCUT2D eigenvalue weighted by Gasteiger charge is 2.30. The smallest absolute Gasteiger partial charge is 0.255 e. The lowest BCUT2D eigenvalue weighted by atomic mass is 9.78. The molecule has 1 N–H and O–H groups in total. The normalized spacial score (nSPS) is 14.6. The van der Waals surface area contributed by atoms with Crippen LogP contribution in [0.3, 0.4) is 0 Å². The van der Waals surface area contributed by atoms with E-state index in [1.165, 1.54) is 29.0 Å². The lowest BCUT2D eigenvalue weighted by molar-refractivity contribution is 0.0945. The largest absolute Gasteiger partial charge is 0.494 e. The molecule has 0 bridgehead atoms. The van der Waals surface area contributed by atoms with E-state index in [0.29, 0.717) is 29.2 Å². The van der Waals surface area contributed by atoms with E-state index in [2.05, 4.69) is 64.7 Å². The lowest BCUT2D eigenvalue weighted by Crippen LogP contribution is -2.39. The molecule has 0 fully saturated rings. The number of halogens is 1. The predicted octanol–water partition coefficient (Wildman–Crippen LogP) is 3.77. The number of nitrogens with one attached hydrogen (secondary N) is 1. The van der Waals surface area contributed by atoms with Crippen molar-refractivity contribution < 1.29 is 18.7 Å². The molecule has 0 atom stereocenters. The summed E-state index contributed by atoms with van der Waals surface area (Å²) in [6.07, 6.45) is 3.40. The number of carbonyl (C=O) groups is 1. The zero-order chi connectivity index (χ0) is 29.3. The second kappa shape index (κ2) is 11.4. The molecule has 11 heteroatoms. The maximum Gasteiger partial charge on any atom is 0.255 e. The van der Waals surface area contributed by atoms with Crippen LogP contribution >= 0.6 is 0 Å². The van der Waals surface area contributed by atoms with Gasteiger partial charge in [-0.3, -0.25) is 9.48 Å². The Morgan fingerprint density at radius 1 is 1.17 bits per heavy atom. The number of fused-ring (bicyclic) bond motifs is 1. The van der Waals surface area contributed by atoms with Crippen LogP contribution in [0, 0.1) is 12.7 Å². The van der Waals surface area contributed by atoms with Crippen LogP contribution in [0.2, 0.25) is 0 Å². The number of hydrogen-bond acceptors (Lipinski definition) is 7. The van der Waals surface area contributed by atoms with Gasteiger partial charge in [0.1, 0.15) is 5.69 Å². The molecule has 41 heavy (non-hydrogen) atoms. The maximum absolute atomic E-state index is 15.3. The SMILES string of the molecule is COCc1nn(Cc2ccc3c(c2)CN(C)CC3(C)C)cc1C(=O)NCc1c(-n2cc(C)nn2)ccc(OC)c1F. The van der Waals surface area contributed by atoms with Gasteiger partial charge < -0.3 is 19.7 Å². The number of methoxy groups -OCH3 is 2. The Labute approximate surface area is 239 Å². The number of benzene rings is 2. The third-order valence-corrected chi connectivity index (χ3v) is 7.40. The van der Waals surface area contributed by atoms with E-state index in [0.717, 1.165) is 18.7 Å². The minimum absolute atomic E-state index is 0.0716. The number of likely N-dealkylation sites (N-methyl/N-ethyl adjacent to an activating group) is 1. The molecule has 1 aliphatic rings. The Bertz CT molecular complexity index is 1580. The van der Waals surface area contributed by atoms with Gasteiger partial charge in [-0.2, -0.15) is 5.10 Å². The van der Waals surface area contributed by atoms with Crippen molar-refractivity contribution in [3.05, 3.63) is 87.7 Å². The Hall–Kier alpha value is -4.09. The topological polar surface area (TPSA) is 99.3 Å². The van der Waals surface area contributed by atoms with Crippen molar-refractivity contribution >= 4 is 5.91 Å². The predicted molar refractivity (Wildman–Crippen MR) is 152 cm³/mol. The zero-order valence-corrected chi connectivity index (χ0v) is 24.4. The highest BCUT2D eigenvalue weighted by molar-refractivity contribution is 5.95. The van der Waals surface area contributed by atoms with Gasteiger partial charge in [-0.1, -0.05) is 37.3 Å². The number of aromatic nitrogens is 5. The van der Waals surface area contributed by atoms with Crippen molar-refractivity contribution in [1.29, 1.82) is 0 Å². The molecule has 216 valence electrons. The fourth-order valence-electron chi connectivity index (χ4n) is 5.66. The first-order valence-corrected chi connectivity index (χ1v) is 13.5. The van der Waals surface area contributed by atoms with Crippen LogP contribution in [0.1, 0.15) is 57.8 Å². The fourth-order valence-corrected chi connectivity index (χ4v) is 5.66. The summed E-state index contributed by atoms with van der Waals surface area (Å²) in [6.45, 7) is 8.80. The van der Waals surface area contributed by atoms with E-state index in [4.69, 9.17) is 9.47 Å². The van der Waals surface area contributed by atoms with Crippen molar-refractivity contribution in [2.45, 2.75) is 52.4 Å². The first-order chi connectivity index (χ1) is 19.6. The molecule has 2 aromatic carbocycles. The summed E-state index contributed by atoms with van der Waals surface area (Å²) in [5.41, 5.74) is 6.09. The Morgan fingerprint density at radius 3 is 2.68 bits per heavy atom. The number of ether oxygens (including phenoxy) is 2. The van der Waals surface area contributed by atoms with Gasteiger partial charge in [0.25, 0.3) is 5.91 Å². The van der Waals surface area contributed by atoms with Crippen molar-refractivity contribution in [1.82, 2.24) is 35.0 Å². The monoisotopic (exact) mass is 561 g/mol. The van der Waals surface area contributed by atoms with Crippen LogP contribution in [0.15, 0.2) is 42.7 Å².